The topological polar surface area (TPSA) is 94.1 Å². The number of hydrogen-bond donors (Lipinski definition) is 1. The number of carbonyl (C=O) groups is 1. The number of fused-ring (bicyclic) bond motifs is 1. The van der Waals surface area contributed by atoms with Gasteiger partial charge in [-0.25, -0.2) is 0 Å². The minimum Gasteiger partial charge on any atom is -0.350 e. The molecule has 1 aliphatic rings. The van der Waals surface area contributed by atoms with Gasteiger partial charge in [-0.05, 0) is 32.6 Å². The number of carbonyl (C=O) groups excluding carboxylic acids is 1. The molecule has 0 aliphatic heterocycles. The van der Waals surface area contributed by atoms with Crippen molar-refractivity contribution < 1.29 is 13.8 Å². The lowest BCUT2D eigenvalue weighted by Crippen LogP contribution is -2.27. The molecule has 0 bridgehead atoms. The van der Waals surface area contributed by atoms with Gasteiger partial charge in [-0.1, -0.05) is 40.6 Å². The molecular formula is C18H18N4O3. The Bertz CT molecular complexity index is 885. The van der Waals surface area contributed by atoms with Crippen LogP contribution in [-0.2, 0) is 12.8 Å². The zero-order chi connectivity index (χ0) is 17.2. The third-order valence-electron chi connectivity index (χ3n) is 4.36. The number of hydrogen-bond acceptors (Lipinski definition) is 6. The SMILES string of the molecule is CC(NC(=O)c1onc2c1CCCC2)c1nc(-c2ccccc2)no1. The van der Waals surface area contributed by atoms with Gasteiger partial charge in [0.15, 0.2) is 0 Å². The van der Waals surface area contributed by atoms with Crippen LogP contribution in [0.4, 0.5) is 0 Å². The van der Waals surface area contributed by atoms with E-state index in [4.69, 9.17) is 9.05 Å². The van der Waals surface area contributed by atoms with Crippen LogP contribution >= 0.6 is 0 Å². The summed E-state index contributed by atoms with van der Waals surface area (Å²) in [5.74, 6) is 0.835. The number of benzene rings is 1. The van der Waals surface area contributed by atoms with Crippen molar-refractivity contribution in [1.82, 2.24) is 20.6 Å². The average Bonchev–Trinajstić information content (AvgIpc) is 3.30. The lowest BCUT2D eigenvalue weighted by atomic mass is 9.96. The molecule has 7 nitrogen and oxygen atoms in total. The predicted molar refractivity (Wildman–Crippen MR) is 88.8 cm³/mol. The van der Waals surface area contributed by atoms with E-state index in [0.717, 1.165) is 42.5 Å². The maximum absolute atomic E-state index is 12.5. The van der Waals surface area contributed by atoms with E-state index >= 15 is 0 Å². The van der Waals surface area contributed by atoms with Crippen molar-refractivity contribution in [2.24, 2.45) is 0 Å². The van der Waals surface area contributed by atoms with Gasteiger partial charge in [-0.15, -0.1) is 0 Å². The third-order valence-corrected chi connectivity index (χ3v) is 4.36. The summed E-state index contributed by atoms with van der Waals surface area (Å²) in [6.07, 6.45) is 3.83. The van der Waals surface area contributed by atoms with E-state index in [2.05, 4.69) is 20.6 Å². The van der Waals surface area contributed by atoms with Crippen LogP contribution in [0.1, 0.15) is 53.5 Å². The average molecular weight is 338 g/mol. The zero-order valence-electron chi connectivity index (χ0n) is 13.9. The summed E-state index contributed by atoms with van der Waals surface area (Å²) in [7, 11) is 0. The van der Waals surface area contributed by atoms with Crippen LogP contribution < -0.4 is 5.32 Å². The molecule has 4 rings (SSSR count). The fourth-order valence-corrected chi connectivity index (χ4v) is 3.01. The number of nitrogens with zero attached hydrogens (tertiary/aromatic N) is 3. The first-order chi connectivity index (χ1) is 12.2. The second-order valence-electron chi connectivity index (χ2n) is 6.16. The van der Waals surface area contributed by atoms with Gasteiger partial charge in [0.25, 0.3) is 5.91 Å². The van der Waals surface area contributed by atoms with Crippen LogP contribution in [-0.4, -0.2) is 21.2 Å². The quantitative estimate of drug-likeness (QED) is 0.785. The summed E-state index contributed by atoms with van der Waals surface area (Å²) in [6, 6.07) is 9.11. The molecule has 0 saturated heterocycles. The molecular weight excluding hydrogens is 320 g/mol. The highest BCUT2D eigenvalue weighted by atomic mass is 16.5. The molecule has 0 radical (unpaired) electrons. The summed E-state index contributed by atoms with van der Waals surface area (Å²) < 4.78 is 10.6. The highest BCUT2D eigenvalue weighted by Crippen LogP contribution is 2.24. The molecule has 25 heavy (non-hydrogen) atoms. The molecule has 1 aromatic carbocycles. The van der Waals surface area contributed by atoms with E-state index in [1.807, 2.05) is 30.3 Å². The van der Waals surface area contributed by atoms with Crippen LogP contribution in [0, 0.1) is 0 Å². The monoisotopic (exact) mass is 338 g/mol. The summed E-state index contributed by atoms with van der Waals surface area (Å²) >= 11 is 0. The van der Waals surface area contributed by atoms with Gasteiger partial charge >= 0.3 is 0 Å². The second kappa shape index (κ2) is 6.51. The van der Waals surface area contributed by atoms with Gasteiger partial charge in [0, 0.05) is 11.1 Å². The molecule has 1 unspecified atom stereocenters. The Kier molecular flexibility index (Phi) is 4.05. The molecule has 1 amide bonds. The molecule has 3 aromatic rings. The van der Waals surface area contributed by atoms with Crippen LogP contribution in [0.2, 0.25) is 0 Å². The first-order valence-corrected chi connectivity index (χ1v) is 8.39. The molecule has 128 valence electrons. The summed E-state index contributed by atoms with van der Waals surface area (Å²) in [6.45, 7) is 1.79. The maximum atomic E-state index is 12.5. The van der Waals surface area contributed by atoms with Gasteiger partial charge in [-0.2, -0.15) is 4.98 Å². The van der Waals surface area contributed by atoms with Crippen molar-refractivity contribution in [2.75, 3.05) is 0 Å². The Hall–Kier alpha value is -2.96. The van der Waals surface area contributed by atoms with Crippen molar-refractivity contribution >= 4 is 5.91 Å². The van der Waals surface area contributed by atoms with Gasteiger partial charge in [0.1, 0.15) is 6.04 Å². The summed E-state index contributed by atoms with van der Waals surface area (Å²) in [5.41, 5.74) is 2.68. The van der Waals surface area contributed by atoms with Crippen molar-refractivity contribution in [3.05, 3.63) is 53.2 Å². The minimum absolute atomic E-state index is 0.296. The van der Waals surface area contributed by atoms with Gasteiger partial charge < -0.3 is 14.4 Å². The van der Waals surface area contributed by atoms with Gasteiger partial charge in [0.05, 0.1) is 5.69 Å². The number of nitrogens with one attached hydrogen (secondary N) is 1. The molecule has 0 fully saturated rings. The molecule has 0 saturated carbocycles. The summed E-state index contributed by atoms with van der Waals surface area (Å²) in [5, 5.41) is 10.8. The van der Waals surface area contributed by atoms with E-state index in [1.54, 1.807) is 6.92 Å². The van der Waals surface area contributed by atoms with Crippen molar-refractivity contribution in [3.8, 4) is 11.4 Å². The molecule has 1 N–H and O–H groups in total. The lowest BCUT2D eigenvalue weighted by molar-refractivity contribution is 0.0894. The van der Waals surface area contributed by atoms with Crippen LogP contribution in [0.5, 0.6) is 0 Å². The largest absolute Gasteiger partial charge is 0.350 e. The molecule has 0 spiro atoms. The Labute approximate surface area is 144 Å². The molecule has 2 heterocycles. The summed E-state index contributed by atoms with van der Waals surface area (Å²) in [4.78, 5) is 16.9. The predicted octanol–water partition coefficient (Wildman–Crippen LogP) is 3.09. The Morgan fingerprint density at radius 3 is 2.76 bits per heavy atom. The van der Waals surface area contributed by atoms with E-state index < -0.39 is 6.04 Å². The normalized spacial score (nSPS) is 14.8. The molecule has 2 aromatic heterocycles. The highest BCUT2D eigenvalue weighted by Gasteiger charge is 2.26. The van der Waals surface area contributed by atoms with E-state index in [-0.39, 0.29) is 5.91 Å². The Morgan fingerprint density at radius 2 is 1.92 bits per heavy atom. The van der Waals surface area contributed by atoms with Crippen molar-refractivity contribution in [3.63, 3.8) is 0 Å². The van der Waals surface area contributed by atoms with E-state index in [1.165, 1.54) is 0 Å². The minimum atomic E-state index is -0.429. The fraction of sp³-hybridized carbons (Fsp3) is 0.333. The third kappa shape index (κ3) is 3.05. The lowest BCUT2D eigenvalue weighted by Gasteiger charge is -2.11. The van der Waals surface area contributed by atoms with Crippen LogP contribution in [0.25, 0.3) is 11.4 Å². The smallest absolute Gasteiger partial charge is 0.290 e. The van der Waals surface area contributed by atoms with Crippen LogP contribution in [0.3, 0.4) is 0 Å². The first-order valence-electron chi connectivity index (χ1n) is 8.39. The van der Waals surface area contributed by atoms with Crippen molar-refractivity contribution in [1.29, 1.82) is 0 Å². The number of rotatable bonds is 4. The van der Waals surface area contributed by atoms with Gasteiger partial charge in [0.2, 0.25) is 17.5 Å². The van der Waals surface area contributed by atoms with Gasteiger partial charge in [-0.3, -0.25) is 4.79 Å². The molecule has 1 aliphatic carbocycles. The Morgan fingerprint density at radius 1 is 1.12 bits per heavy atom. The number of amides is 1. The second-order valence-corrected chi connectivity index (χ2v) is 6.16. The molecule has 1 atom stereocenters. The van der Waals surface area contributed by atoms with Crippen LogP contribution in [0.15, 0.2) is 39.4 Å². The van der Waals surface area contributed by atoms with E-state index in [0.29, 0.717) is 17.5 Å². The molecule has 7 heteroatoms. The maximum Gasteiger partial charge on any atom is 0.290 e. The first kappa shape index (κ1) is 15.6. The zero-order valence-corrected chi connectivity index (χ0v) is 13.9. The van der Waals surface area contributed by atoms with E-state index in [9.17, 15) is 4.79 Å². The number of aryl methyl sites for hydroxylation is 1. The standard InChI is InChI=1S/C18H18N4O3/c1-11(18-20-16(22-25-18)12-7-3-2-4-8-12)19-17(23)15-13-9-5-6-10-14(13)21-24-15/h2-4,7-8,11H,5-6,9-10H2,1H3,(H,19,23). The van der Waals surface area contributed by atoms with Crippen molar-refractivity contribution in [2.45, 2.75) is 38.6 Å². The fourth-order valence-electron chi connectivity index (χ4n) is 3.01. The Balaban J connectivity index is 1.49. The number of aromatic nitrogens is 3. The highest BCUT2D eigenvalue weighted by molar-refractivity contribution is 5.93.